The van der Waals surface area contributed by atoms with Gasteiger partial charge in [0.25, 0.3) is 22.8 Å². The van der Waals surface area contributed by atoms with Crippen LogP contribution in [0.2, 0.25) is 0 Å². The van der Waals surface area contributed by atoms with Crippen molar-refractivity contribution in [2.24, 2.45) is 5.92 Å². The van der Waals surface area contributed by atoms with E-state index in [9.17, 15) is 19.1 Å². The Labute approximate surface area is 269 Å². The van der Waals surface area contributed by atoms with Crippen LogP contribution in [-0.2, 0) is 9.47 Å². The van der Waals surface area contributed by atoms with Crippen LogP contribution < -0.4 is 31.3 Å². The molecule has 20 heteroatoms. The monoisotopic (exact) mass is 682 g/mol. The van der Waals surface area contributed by atoms with Crippen molar-refractivity contribution in [3.63, 3.8) is 0 Å². The van der Waals surface area contributed by atoms with Gasteiger partial charge in [-0.3, -0.25) is 14.9 Å². The lowest BCUT2D eigenvalue weighted by atomic mass is 9.86. The highest BCUT2D eigenvalue weighted by molar-refractivity contribution is 5.66. The zero-order chi connectivity index (χ0) is 36.1. The van der Waals surface area contributed by atoms with Crippen LogP contribution in [0.4, 0.5) is 29.5 Å². The summed E-state index contributed by atoms with van der Waals surface area (Å²) in [5.41, 5.74) is -1.16. The van der Waals surface area contributed by atoms with E-state index in [0.717, 1.165) is 10.9 Å². The number of alkyl halides is 4. The molecule has 0 bridgehead atoms. The van der Waals surface area contributed by atoms with E-state index in [1.165, 1.54) is 24.7 Å². The number of rotatable bonds is 6. The predicted molar refractivity (Wildman–Crippen MR) is 158 cm³/mol. The molecule has 0 aliphatic carbocycles. The summed E-state index contributed by atoms with van der Waals surface area (Å²) in [5.74, 6) is -3.39. The van der Waals surface area contributed by atoms with Crippen molar-refractivity contribution < 1.29 is 47.8 Å². The van der Waals surface area contributed by atoms with E-state index in [0.29, 0.717) is 0 Å². The summed E-state index contributed by atoms with van der Waals surface area (Å²) in [6, 6.07) is 0. The van der Waals surface area contributed by atoms with E-state index in [-0.39, 0.29) is 48.1 Å². The number of H-pyrrole nitrogens is 4. The first-order chi connectivity index (χ1) is 23.1. The summed E-state index contributed by atoms with van der Waals surface area (Å²) in [7, 11) is 0. The van der Waals surface area contributed by atoms with E-state index in [1.54, 1.807) is 5.92 Å². The predicted octanol–water partition coefficient (Wildman–Crippen LogP) is -0.437. The molecule has 0 aromatic carbocycles. The third-order valence-corrected chi connectivity index (χ3v) is 8.44. The van der Waals surface area contributed by atoms with Gasteiger partial charge in [0.2, 0.25) is 24.0 Å². The number of ether oxygens (including phenoxy) is 2. The van der Waals surface area contributed by atoms with Crippen molar-refractivity contribution in [2.75, 3.05) is 24.2 Å². The van der Waals surface area contributed by atoms with Gasteiger partial charge in [0, 0.05) is 14.3 Å². The second-order valence-corrected chi connectivity index (χ2v) is 11.0. The average Bonchev–Trinajstić information content (AvgIpc) is 3.86. The Morgan fingerprint density at radius 2 is 1.56 bits per heavy atom. The Bertz CT molecular complexity index is 2100. The van der Waals surface area contributed by atoms with Crippen molar-refractivity contribution in [1.29, 1.82) is 0 Å². The highest BCUT2D eigenvalue weighted by Crippen LogP contribution is 2.51. The first-order valence-electron chi connectivity index (χ1n) is 15.0. The number of terminal acetylenes is 2. The summed E-state index contributed by atoms with van der Waals surface area (Å²) in [5, 5.41) is 21.7. The first kappa shape index (κ1) is 32.9. The fraction of sp³-hybridized carbons (Fsp3) is 0.500. The largest absolute Gasteiger partial charge is 0.390 e. The molecule has 6 rings (SSSR count). The molecule has 0 unspecified atom stereocenters. The van der Waals surface area contributed by atoms with Gasteiger partial charge in [-0.15, -0.1) is 22.8 Å². The lowest BCUT2D eigenvalue weighted by molar-refractivity contribution is -0.741. The highest BCUT2D eigenvalue weighted by Gasteiger charge is 2.68. The van der Waals surface area contributed by atoms with Gasteiger partial charge in [-0.05, 0) is 6.90 Å². The Morgan fingerprint density at radius 3 is 2.10 bits per heavy atom. The molecule has 4 aromatic rings. The number of imidazole rings is 2. The van der Waals surface area contributed by atoms with Gasteiger partial charge >= 0.3 is 23.0 Å². The molecule has 2 aliphatic heterocycles. The van der Waals surface area contributed by atoms with Crippen LogP contribution in [-0.4, -0.2) is 82.4 Å². The Hall–Kier alpha value is -5.02. The van der Waals surface area contributed by atoms with Crippen LogP contribution in [0, 0.1) is 30.6 Å². The highest BCUT2D eigenvalue weighted by atomic mass is 19.2. The lowest BCUT2D eigenvalue weighted by Gasteiger charge is -2.24. The number of aliphatic hydroxyl groups excluding tert-OH is 2. The number of hydrogen-bond acceptors (Lipinski definition) is 10. The fourth-order valence-corrected chi connectivity index (χ4v) is 5.70. The number of nitrogen functional groups attached to an aromatic ring is 1. The number of aliphatic hydroxyl groups is 2. The SMILES string of the molecule is C#C[C@]1(F)[C@H]([n+]2c(N)[nH]c(=O)c3[nH]cnc32)O[C@](F)(CO)[C@H]1O.[3H]CCNc1[nH]c(=O)c2[nH]cnc2[n+]1[C@@H]1O[C@](F)(CC)[C@@H](C)[C@]1(F)C#C. The molecular weight excluding hydrogens is 648 g/mol. The number of halogens is 4. The molecule has 0 saturated carbocycles. The maximum absolute atomic E-state index is 15.7. The summed E-state index contributed by atoms with van der Waals surface area (Å²) >= 11 is 0. The van der Waals surface area contributed by atoms with Gasteiger partial charge in [-0.2, -0.15) is 9.13 Å². The number of hydrogen-bond donors (Lipinski definition) is 8. The maximum atomic E-state index is 15.7. The van der Waals surface area contributed by atoms with Gasteiger partial charge in [0.05, 0.1) is 5.92 Å². The van der Waals surface area contributed by atoms with Gasteiger partial charge in [0.15, 0.2) is 29.8 Å². The summed E-state index contributed by atoms with van der Waals surface area (Å²) in [4.78, 5) is 41.7. The van der Waals surface area contributed by atoms with E-state index < -0.39 is 71.2 Å². The number of fused-ring (bicyclic) bond motifs is 2. The molecule has 2 saturated heterocycles. The van der Waals surface area contributed by atoms with E-state index in [1.807, 2.05) is 5.92 Å². The van der Waals surface area contributed by atoms with Crippen molar-refractivity contribution in [2.45, 2.75) is 68.8 Å². The minimum Gasteiger partial charge on any atom is -0.390 e. The van der Waals surface area contributed by atoms with Crippen molar-refractivity contribution in [3.05, 3.63) is 33.4 Å². The minimum atomic E-state index is -3.15. The Morgan fingerprint density at radius 1 is 1.02 bits per heavy atom. The molecule has 2 aliphatic rings. The number of nitrogens with two attached hydrogens (primary N) is 1. The Kier molecular flexibility index (Phi) is 8.15. The van der Waals surface area contributed by atoms with Gasteiger partial charge in [0.1, 0.15) is 6.61 Å². The van der Waals surface area contributed by atoms with Crippen LogP contribution >= 0.6 is 0 Å². The number of aromatic nitrogens is 8. The average molecular weight is 683 g/mol. The smallest absolute Gasteiger partial charge is 0.322 e. The molecule has 2 fully saturated rings. The zero-order valence-corrected chi connectivity index (χ0v) is 25.4. The molecule has 0 amide bonds. The molecule has 6 heterocycles. The normalized spacial score (nSPS) is 33.2. The molecule has 8 atom stereocenters. The van der Waals surface area contributed by atoms with Crippen molar-refractivity contribution in [3.8, 4) is 24.7 Å². The lowest BCUT2D eigenvalue weighted by Crippen LogP contribution is -2.55. The summed E-state index contributed by atoms with van der Waals surface area (Å²) in [6.45, 7) is 1.72. The summed E-state index contributed by atoms with van der Waals surface area (Å²) < 4.78 is 79.8. The van der Waals surface area contributed by atoms with E-state index in [2.05, 4.69) is 35.2 Å². The fourth-order valence-electron chi connectivity index (χ4n) is 5.70. The molecular formula is C28H32F4N10O6+2. The molecule has 256 valence electrons. The van der Waals surface area contributed by atoms with Crippen LogP contribution in [0.3, 0.4) is 0 Å². The molecule has 48 heavy (non-hydrogen) atoms. The van der Waals surface area contributed by atoms with Crippen molar-refractivity contribution >= 4 is 34.2 Å². The first-order valence-corrected chi connectivity index (χ1v) is 14.3. The molecule has 4 aromatic heterocycles. The minimum absolute atomic E-state index is 0.000471. The van der Waals surface area contributed by atoms with E-state index >= 15 is 13.2 Å². The maximum Gasteiger partial charge on any atom is 0.322 e. The van der Waals surface area contributed by atoms with Crippen LogP contribution in [0.1, 0.15) is 41.0 Å². The number of anilines is 2. The standard InChI is InChI=1S/C16H19F2N5O2.C12H11F2N5O4/c1-5-15(17)9(4)16(18,6-2)25-13(15)23-11-10(20-8-21-11)12(24)22-14(23)19-7-3;1-2-11(13)8(22)12(14,3-20)23-9(11)19-6-5(16-4-17-6)7(21)18-10(19)15/h1,8-9,13H,6-7H2,2-4H3,(H2,19,20,21,22,24);1,4,8-9,20,22H,3H2,(H3,15,16,17,18,21)/p+2/t9-,13+,15+,16+;8-,9+,11+,12+/m00/s1/i3T;. The second-order valence-electron chi connectivity index (χ2n) is 11.0. The number of nitrogens with one attached hydrogen (secondary N) is 5. The number of aromatic amines is 4. The molecule has 0 radical (unpaired) electrons. The van der Waals surface area contributed by atoms with Crippen LogP contribution in [0.25, 0.3) is 22.3 Å². The van der Waals surface area contributed by atoms with Crippen LogP contribution in [0.15, 0.2) is 22.2 Å². The molecule has 0 spiro atoms. The Balaban J connectivity index is 0.000000192. The topological polar surface area (TPSA) is 228 Å². The third kappa shape index (κ3) is 4.87. The van der Waals surface area contributed by atoms with Gasteiger partial charge in [-0.25, -0.2) is 27.5 Å². The van der Waals surface area contributed by atoms with Crippen molar-refractivity contribution in [1.82, 2.24) is 29.9 Å². The van der Waals surface area contributed by atoms with Crippen LogP contribution in [0.5, 0.6) is 0 Å². The molecule has 9 N–H and O–H groups in total. The summed E-state index contributed by atoms with van der Waals surface area (Å²) in [6.07, 6.45) is 6.81. The zero-order valence-electron chi connectivity index (χ0n) is 26.4. The quantitative estimate of drug-likeness (QED) is 0.0743. The van der Waals surface area contributed by atoms with Gasteiger partial charge < -0.3 is 35.4 Å². The molecule has 16 nitrogen and oxygen atoms in total. The second kappa shape index (κ2) is 11.9. The van der Waals surface area contributed by atoms with Gasteiger partial charge in [-0.1, -0.05) is 25.7 Å². The number of nitrogens with zero attached hydrogens (tertiary/aromatic N) is 4. The third-order valence-electron chi connectivity index (χ3n) is 8.44. The van der Waals surface area contributed by atoms with E-state index in [4.69, 9.17) is 34.5 Å².